The fraction of sp³-hybridized carbons (Fsp3) is 0.333. The van der Waals surface area contributed by atoms with Crippen molar-refractivity contribution in [3.05, 3.63) is 46.3 Å². The lowest BCUT2D eigenvalue weighted by Gasteiger charge is -2.10. The molecule has 88 valence electrons. The molecule has 1 nitrogen and oxygen atoms in total. The number of fused-ring (bicyclic) bond motifs is 1. The van der Waals surface area contributed by atoms with Crippen LogP contribution < -0.4 is 5.32 Å². The van der Waals surface area contributed by atoms with E-state index in [0.29, 0.717) is 6.04 Å². The predicted octanol–water partition coefficient (Wildman–Crippen LogP) is 3.93. The first-order valence-electron chi connectivity index (χ1n) is 6.15. The van der Waals surface area contributed by atoms with Gasteiger partial charge >= 0.3 is 0 Å². The number of rotatable bonds is 2. The number of thiophene rings is 1. The maximum Gasteiger partial charge on any atom is 0.0345 e. The molecule has 1 aromatic heterocycles. The molecule has 0 fully saturated rings. The van der Waals surface area contributed by atoms with Gasteiger partial charge in [-0.2, -0.15) is 0 Å². The highest BCUT2D eigenvalue weighted by Gasteiger charge is 2.21. The zero-order valence-corrected chi connectivity index (χ0v) is 11.1. The summed E-state index contributed by atoms with van der Waals surface area (Å²) in [6.45, 7) is 2.17. The molecule has 1 aromatic carbocycles. The summed E-state index contributed by atoms with van der Waals surface area (Å²) < 4.78 is 0. The number of aryl methyl sites for hydroxylation is 2. The maximum atomic E-state index is 3.39. The average Bonchev–Trinajstić information content (AvgIpc) is 2.94. The van der Waals surface area contributed by atoms with Gasteiger partial charge in [0.25, 0.3) is 0 Å². The Morgan fingerprint density at radius 2 is 2.12 bits per heavy atom. The third kappa shape index (κ3) is 1.92. The van der Waals surface area contributed by atoms with E-state index < -0.39 is 0 Å². The van der Waals surface area contributed by atoms with E-state index in [1.165, 1.54) is 39.3 Å². The van der Waals surface area contributed by atoms with Gasteiger partial charge in [0.2, 0.25) is 0 Å². The van der Waals surface area contributed by atoms with E-state index in [-0.39, 0.29) is 0 Å². The molecule has 1 aliphatic carbocycles. The molecule has 1 heterocycles. The zero-order chi connectivity index (χ0) is 11.8. The summed E-state index contributed by atoms with van der Waals surface area (Å²) in [7, 11) is 2.05. The molecule has 0 saturated carbocycles. The summed E-state index contributed by atoms with van der Waals surface area (Å²) in [6, 6.07) is 11.9. The van der Waals surface area contributed by atoms with Crippen molar-refractivity contribution in [2.24, 2.45) is 0 Å². The smallest absolute Gasteiger partial charge is 0.0345 e. The molecular weight excluding hydrogens is 226 g/mol. The molecule has 0 aliphatic heterocycles. The molecular formula is C15H17NS. The minimum atomic E-state index is 0.559. The number of hydrogen-bond donors (Lipinski definition) is 1. The van der Waals surface area contributed by atoms with Gasteiger partial charge in [0.05, 0.1) is 0 Å². The first-order chi connectivity index (χ1) is 8.28. The van der Waals surface area contributed by atoms with E-state index in [1.54, 1.807) is 0 Å². The number of benzene rings is 1. The minimum absolute atomic E-state index is 0.559. The van der Waals surface area contributed by atoms with Crippen LogP contribution in [0.25, 0.3) is 10.4 Å². The van der Waals surface area contributed by atoms with E-state index in [1.807, 2.05) is 11.3 Å². The quantitative estimate of drug-likeness (QED) is 0.842. The van der Waals surface area contributed by atoms with Gasteiger partial charge in [0.15, 0.2) is 0 Å². The average molecular weight is 243 g/mol. The minimum Gasteiger partial charge on any atom is -0.313 e. The van der Waals surface area contributed by atoms with E-state index in [2.05, 4.69) is 49.6 Å². The molecule has 0 amide bonds. The Bertz CT molecular complexity index is 542. The summed E-state index contributed by atoms with van der Waals surface area (Å²) in [6.07, 6.45) is 2.44. The van der Waals surface area contributed by atoms with Gasteiger partial charge in [0.1, 0.15) is 0 Å². The van der Waals surface area contributed by atoms with E-state index in [0.717, 1.165) is 0 Å². The highest BCUT2D eigenvalue weighted by molar-refractivity contribution is 7.15. The van der Waals surface area contributed by atoms with Crippen LogP contribution in [0.2, 0.25) is 0 Å². The van der Waals surface area contributed by atoms with Gasteiger partial charge in [-0.15, -0.1) is 11.3 Å². The second-order valence-electron chi connectivity index (χ2n) is 4.70. The summed E-state index contributed by atoms with van der Waals surface area (Å²) in [5.74, 6) is 0. The SMILES string of the molecule is CNC1CCc2cc(-c3ccc(C)s3)ccc21. The molecule has 0 bridgehead atoms. The molecule has 3 rings (SSSR count). The fourth-order valence-corrected chi connectivity index (χ4v) is 3.52. The molecule has 17 heavy (non-hydrogen) atoms. The zero-order valence-electron chi connectivity index (χ0n) is 10.3. The topological polar surface area (TPSA) is 12.0 Å². The van der Waals surface area contributed by atoms with Crippen molar-refractivity contribution in [2.75, 3.05) is 7.05 Å². The van der Waals surface area contributed by atoms with Crippen LogP contribution in [0.15, 0.2) is 30.3 Å². The summed E-state index contributed by atoms with van der Waals surface area (Å²) >= 11 is 1.88. The molecule has 1 N–H and O–H groups in total. The van der Waals surface area contributed by atoms with E-state index >= 15 is 0 Å². The third-order valence-electron chi connectivity index (χ3n) is 3.59. The van der Waals surface area contributed by atoms with Crippen LogP contribution in [0.1, 0.15) is 28.5 Å². The highest BCUT2D eigenvalue weighted by atomic mass is 32.1. The Labute approximate surface area is 106 Å². The third-order valence-corrected chi connectivity index (χ3v) is 4.64. The van der Waals surface area contributed by atoms with Crippen LogP contribution in [0.4, 0.5) is 0 Å². The van der Waals surface area contributed by atoms with Gasteiger partial charge < -0.3 is 5.32 Å². The molecule has 0 saturated heterocycles. The largest absolute Gasteiger partial charge is 0.313 e. The summed E-state index contributed by atoms with van der Waals surface area (Å²) in [5.41, 5.74) is 4.39. The molecule has 0 spiro atoms. The Morgan fingerprint density at radius 3 is 2.82 bits per heavy atom. The van der Waals surface area contributed by atoms with Gasteiger partial charge in [0, 0.05) is 15.8 Å². The van der Waals surface area contributed by atoms with Crippen LogP contribution in [0, 0.1) is 6.92 Å². The maximum absolute atomic E-state index is 3.39. The van der Waals surface area contributed by atoms with Crippen molar-refractivity contribution in [1.82, 2.24) is 5.32 Å². The normalized spacial score (nSPS) is 18.4. The van der Waals surface area contributed by atoms with Gasteiger partial charge in [-0.3, -0.25) is 0 Å². The van der Waals surface area contributed by atoms with Crippen molar-refractivity contribution < 1.29 is 0 Å². The van der Waals surface area contributed by atoms with Crippen LogP contribution >= 0.6 is 11.3 Å². The first-order valence-corrected chi connectivity index (χ1v) is 6.96. The van der Waals surface area contributed by atoms with Crippen molar-refractivity contribution in [3.8, 4) is 10.4 Å². The molecule has 0 radical (unpaired) electrons. The van der Waals surface area contributed by atoms with Crippen molar-refractivity contribution in [3.63, 3.8) is 0 Å². The molecule has 1 aliphatic rings. The lowest BCUT2D eigenvalue weighted by atomic mass is 10.0. The number of hydrogen-bond acceptors (Lipinski definition) is 2. The Balaban J connectivity index is 2.00. The standard InChI is InChI=1S/C15H17NS/c1-10-3-8-15(17-10)12-4-6-13-11(9-12)5-7-14(13)16-2/h3-4,6,8-9,14,16H,5,7H2,1-2H3. The van der Waals surface area contributed by atoms with Crippen LogP contribution in [-0.2, 0) is 6.42 Å². The summed E-state index contributed by atoms with van der Waals surface area (Å²) in [4.78, 5) is 2.77. The van der Waals surface area contributed by atoms with Crippen LogP contribution in [-0.4, -0.2) is 7.05 Å². The van der Waals surface area contributed by atoms with Gasteiger partial charge in [-0.1, -0.05) is 18.2 Å². The van der Waals surface area contributed by atoms with Crippen molar-refractivity contribution in [1.29, 1.82) is 0 Å². The van der Waals surface area contributed by atoms with Gasteiger partial charge in [-0.25, -0.2) is 0 Å². The molecule has 2 heteroatoms. The van der Waals surface area contributed by atoms with Crippen molar-refractivity contribution >= 4 is 11.3 Å². The molecule has 2 aromatic rings. The Hall–Kier alpha value is -1.12. The second-order valence-corrected chi connectivity index (χ2v) is 5.99. The van der Waals surface area contributed by atoms with Crippen molar-refractivity contribution in [2.45, 2.75) is 25.8 Å². The van der Waals surface area contributed by atoms with Gasteiger partial charge in [-0.05, 0) is 55.6 Å². The Morgan fingerprint density at radius 1 is 1.24 bits per heavy atom. The Kier molecular flexibility index (Phi) is 2.77. The lowest BCUT2D eigenvalue weighted by Crippen LogP contribution is -2.12. The summed E-state index contributed by atoms with van der Waals surface area (Å²) in [5, 5.41) is 3.39. The fourth-order valence-electron chi connectivity index (χ4n) is 2.66. The lowest BCUT2D eigenvalue weighted by molar-refractivity contribution is 0.590. The first kappa shape index (κ1) is 11.0. The van der Waals surface area contributed by atoms with Crippen LogP contribution in [0.3, 0.4) is 0 Å². The van der Waals surface area contributed by atoms with Crippen LogP contribution in [0.5, 0.6) is 0 Å². The molecule has 1 unspecified atom stereocenters. The second kappa shape index (κ2) is 4.28. The van der Waals surface area contributed by atoms with E-state index in [9.17, 15) is 0 Å². The van der Waals surface area contributed by atoms with E-state index in [4.69, 9.17) is 0 Å². The highest BCUT2D eigenvalue weighted by Crippen LogP contribution is 2.35. The monoisotopic (exact) mass is 243 g/mol. The number of nitrogens with one attached hydrogen (secondary N) is 1. The predicted molar refractivity (Wildman–Crippen MR) is 74.6 cm³/mol. The molecule has 1 atom stereocenters.